The van der Waals surface area contributed by atoms with E-state index in [1.165, 1.54) is 11.3 Å². The molecule has 1 saturated heterocycles. The van der Waals surface area contributed by atoms with Gasteiger partial charge in [0, 0.05) is 24.6 Å². The normalized spacial score (nSPS) is 15.2. The van der Waals surface area contributed by atoms with Crippen molar-refractivity contribution < 1.29 is 9.13 Å². The molecule has 0 bridgehead atoms. The van der Waals surface area contributed by atoms with E-state index < -0.39 is 0 Å². The zero-order valence-corrected chi connectivity index (χ0v) is 20.5. The third-order valence-corrected chi connectivity index (χ3v) is 6.75. The predicted octanol–water partition coefficient (Wildman–Crippen LogP) is 6.20. The van der Waals surface area contributed by atoms with Crippen LogP contribution in [0.5, 0.6) is 0 Å². The van der Waals surface area contributed by atoms with Crippen LogP contribution in [0.1, 0.15) is 37.3 Å². The van der Waals surface area contributed by atoms with Crippen molar-refractivity contribution in [3.8, 4) is 11.1 Å². The molecule has 0 spiro atoms. The van der Waals surface area contributed by atoms with Crippen LogP contribution in [0.4, 0.5) is 9.52 Å². The van der Waals surface area contributed by atoms with Gasteiger partial charge in [-0.2, -0.15) is 4.99 Å². The number of aromatic nitrogens is 2. The summed E-state index contributed by atoms with van der Waals surface area (Å²) in [4.78, 5) is 6.89. The highest BCUT2D eigenvalue weighted by Crippen LogP contribution is 2.33. The maximum absolute atomic E-state index is 14.8. The van der Waals surface area contributed by atoms with Gasteiger partial charge >= 0.3 is 0 Å². The molecular weight excluding hydrogens is 443 g/mol. The van der Waals surface area contributed by atoms with Crippen LogP contribution < -0.4 is 0 Å². The summed E-state index contributed by atoms with van der Waals surface area (Å²) >= 11 is 3.04. The van der Waals surface area contributed by atoms with Gasteiger partial charge in [0.05, 0.1) is 13.2 Å². The van der Waals surface area contributed by atoms with Crippen molar-refractivity contribution in [2.24, 2.45) is 4.99 Å². The van der Waals surface area contributed by atoms with Gasteiger partial charge in [0.15, 0.2) is 5.17 Å². The molecule has 32 heavy (non-hydrogen) atoms. The zero-order valence-electron chi connectivity index (χ0n) is 18.9. The number of amidine groups is 1. The summed E-state index contributed by atoms with van der Waals surface area (Å²) in [5.74, 6) is -0.294. The minimum absolute atomic E-state index is 0.0631. The van der Waals surface area contributed by atoms with Crippen LogP contribution in [0.25, 0.3) is 11.1 Å². The first-order chi connectivity index (χ1) is 15.7. The van der Waals surface area contributed by atoms with Gasteiger partial charge in [-0.25, -0.2) is 4.39 Å². The average Bonchev–Trinajstić information content (AvgIpc) is 3.33. The fraction of sp³-hybridized carbons (Fsp3) is 0.375. The lowest BCUT2D eigenvalue weighted by atomic mass is 9.97. The molecule has 1 aliphatic rings. The van der Waals surface area contributed by atoms with Crippen molar-refractivity contribution >= 4 is 33.4 Å². The fourth-order valence-corrected chi connectivity index (χ4v) is 4.80. The molecule has 0 amide bonds. The van der Waals surface area contributed by atoms with Gasteiger partial charge < -0.3 is 9.64 Å². The number of hydrogen-bond acceptors (Lipinski definition) is 6. The number of halogens is 1. The van der Waals surface area contributed by atoms with Crippen LogP contribution in [0, 0.1) is 5.82 Å². The van der Waals surface area contributed by atoms with Crippen molar-refractivity contribution in [2.45, 2.75) is 26.7 Å². The molecule has 1 unspecified atom stereocenters. The van der Waals surface area contributed by atoms with Gasteiger partial charge in [0.2, 0.25) is 5.13 Å². The first kappa shape index (κ1) is 24.4. The second kappa shape index (κ2) is 12.1. The Morgan fingerprint density at radius 2 is 1.84 bits per heavy atom. The van der Waals surface area contributed by atoms with Gasteiger partial charge in [-0.05, 0) is 23.4 Å². The van der Waals surface area contributed by atoms with Crippen molar-refractivity contribution in [1.82, 2.24) is 15.1 Å². The third kappa shape index (κ3) is 5.94. The highest BCUT2D eigenvalue weighted by Gasteiger charge is 2.19. The van der Waals surface area contributed by atoms with Gasteiger partial charge in [0.1, 0.15) is 10.8 Å². The molecule has 1 atom stereocenters. The number of thioether (sulfide) groups is 1. The summed E-state index contributed by atoms with van der Waals surface area (Å²) in [7, 11) is 0. The number of benzene rings is 2. The third-order valence-electron chi connectivity index (χ3n) is 5.03. The van der Waals surface area contributed by atoms with Crippen LogP contribution in [-0.2, 0) is 4.74 Å². The highest BCUT2D eigenvalue weighted by atomic mass is 32.2. The number of nitrogens with zero attached hydrogens (tertiary/aromatic N) is 4. The van der Waals surface area contributed by atoms with Crippen LogP contribution in [0.15, 0.2) is 53.5 Å². The number of ether oxygens (including phenoxy) is 1. The van der Waals surface area contributed by atoms with Gasteiger partial charge in [-0.1, -0.05) is 86.3 Å². The van der Waals surface area contributed by atoms with E-state index in [2.05, 4.69) is 20.1 Å². The van der Waals surface area contributed by atoms with E-state index >= 15 is 0 Å². The molecular formula is C24H29FN4OS2. The van der Waals surface area contributed by atoms with Crippen molar-refractivity contribution in [1.29, 1.82) is 0 Å². The molecule has 5 nitrogen and oxygen atoms in total. The molecule has 0 radical (unpaired) electrons. The van der Waals surface area contributed by atoms with E-state index in [9.17, 15) is 4.39 Å². The summed E-state index contributed by atoms with van der Waals surface area (Å²) in [5.41, 5.74) is 2.34. The molecule has 170 valence electrons. The molecule has 4 rings (SSSR count). The van der Waals surface area contributed by atoms with Crippen LogP contribution >= 0.6 is 23.1 Å². The van der Waals surface area contributed by atoms with E-state index in [4.69, 9.17) is 4.74 Å². The Balaban J connectivity index is 0.00000141. The summed E-state index contributed by atoms with van der Waals surface area (Å²) in [6, 6.07) is 15.0. The van der Waals surface area contributed by atoms with Crippen molar-refractivity contribution in [3.05, 3.63) is 64.9 Å². The Morgan fingerprint density at radius 1 is 1.12 bits per heavy atom. The molecule has 0 saturated carbocycles. The lowest BCUT2D eigenvalue weighted by Crippen LogP contribution is -2.39. The van der Waals surface area contributed by atoms with Gasteiger partial charge in [0.25, 0.3) is 0 Å². The van der Waals surface area contributed by atoms with E-state index in [0.29, 0.717) is 23.9 Å². The van der Waals surface area contributed by atoms with E-state index in [1.54, 1.807) is 17.8 Å². The van der Waals surface area contributed by atoms with Crippen molar-refractivity contribution in [3.63, 3.8) is 0 Å². The van der Waals surface area contributed by atoms with Gasteiger partial charge in [-0.15, -0.1) is 10.2 Å². The topological polar surface area (TPSA) is 50.6 Å². The van der Waals surface area contributed by atoms with Crippen molar-refractivity contribution in [2.75, 3.05) is 32.6 Å². The maximum atomic E-state index is 14.8. The SMILES string of the molecule is CC.CS/C(=N\c1nnc(C(C)c2ccc(-c3ccccc3)c(F)c2)s1)N1CCOCC1. The lowest BCUT2D eigenvalue weighted by molar-refractivity contribution is 0.0694. The first-order valence-electron chi connectivity index (χ1n) is 10.8. The minimum Gasteiger partial charge on any atom is -0.378 e. The largest absolute Gasteiger partial charge is 0.378 e. The lowest BCUT2D eigenvalue weighted by Gasteiger charge is -2.28. The molecule has 1 aromatic heterocycles. The zero-order chi connectivity index (χ0) is 22.9. The number of rotatable bonds is 4. The Morgan fingerprint density at radius 3 is 2.50 bits per heavy atom. The fourth-order valence-electron chi connectivity index (χ4n) is 3.32. The van der Waals surface area contributed by atoms with E-state index in [1.807, 2.05) is 69.5 Å². The number of morpholine rings is 1. The molecule has 8 heteroatoms. The van der Waals surface area contributed by atoms with Crippen LogP contribution in [0.2, 0.25) is 0 Å². The molecule has 1 fully saturated rings. The summed E-state index contributed by atoms with van der Waals surface area (Å²) in [6.07, 6.45) is 2.01. The summed E-state index contributed by atoms with van der Waals surface area (Å²) in [6.45, 7) is 9.09. The van der Waals surface area contributed by atoms with E-state index in [0.717, 1.165) is 34.4 Å². The Hall–Kier alpha value is -2.29. The maximum Gasteiger partial charge on any atom is 0.234 e. The quantitative estimate of drug-likeness (QED) is 0.334. The summed E-state index contributed by atoms with van der Waals surface area (Å²) in [5, 5.41) is 10.9. The first-order valence-corrected chi connectivity index (χ1v) is 12.8. The molecule has 0 N–H and O–H groups in total. The highest BCUT2D eigenvalue weighted by molar-refractivity contribution is 8.13. The monoisotopic (exact) mass is 472 g/mol. The molecule has 1 aliphatic heterocycles. The summed E-state index contributed by atoms with van der Waals surface area (Å²) < 4.78 is 20.2. The minimum atomic E-state index is -0.231. The van der Waals surface area contributed by atoms with E-state index in [-0.39, 0.29) is 11.7 Å². The van der Waals surface area contributed by atoms with Crippen LogP contribution in [0.3, 0.4) is 0 Å². The number of hydrogen-bond donors (Lipinski definition) is 0. The number of aliphatic imine (C=N–C) groups is 1. The predicted molar refractivity (Wildman–Crippen MR) is 134 cm³/mol. The molecule has 0 aliphatic carbocycles. The van der Waals surface area contributed by atoms with Crippen LogP contribution in [-0.4, -0.2) is 52.8 Å². The second-order valence-electron chi connectivity index (χ2n) is 6.95. The standard InChI is InChI=1S/C22H23FN4OS2.C2H6/c1-15(17-8-9-18(19(23)14-17)16-6-4-3-5-7-16)20-25-26-21(30-20)24-22(29-2)27-10-12-28-13-11-27;1-2/h3-9,14-15H,10-13H2,1-2H3;1-2H3/b24-22-;. The smallest absolute Gasteiger partial charge is 0.234 e. The average molecular weight is 473 g/mol. The second-order valence-corrected chi connectivity index (χ2v) is 8.71. The Labute approximate surface area is 197 Å². The Kier molecular flexibility index (Phi) is 9.20. The molecule has 2 heterocycles. The van der Waals surface area contributed by atoms with Gasteiger partial charge in [-0.3, -0.25) is 0 Å². The molecule has 2 aromatic carbocycles. The molecule has 3 aromatic rings. The Bertz CT molecular complexity index is 1020.